The van der Waals surface area contributed by atoms with Gasteiger partial charge in [0.25, 0.3) is 5.91 Å². The Morgan fingerprint density at radius 1 is 1.00 bits per heavy atom. The van der Waals surface area contributed by atoms with E-state index in [0.717, 1.165) is 5.56 Å². The van der Waals surface area contributed by atoms with Crippen molar-refractivity contribution in [3.63, 3.8) is 0 Å². The van der Waals surface area contributed by atoms with Gasteiger partial charge in [-0.3, -0.25) is 9.59 Å². The summed E-state index contributed by atoms with van der Waals surface area (Å²) in [6.07, 6.45) is 0.897. The lowest BCUT2D eigenvalue weighted by atomic mass is 9.87. The van der Waals surface area contributed by atoms with Gasteiger partial charge in [-0.05, 0) is 42.4 Å². The third-order valence-electron chi connectivity index (χ3n) is 6.27. The highest BCUT2D eigenvalue weighted by Gasteiger charge is 2.33. The minimum Gasteiger partial charge on any atom is -0.497 e. The molecule has 2 amide bonds. The summed E-state index contributed by atoms with van der Waals surface area (Å²) in [7, 11) is 3.05. The maximum absolute atomic E-state index is 13.3. The summed E-state index contributed by atoms with van der Waals surface area (Å²) in [4.78, 5) is 28.1. The van der Waals surface area contributed by atoms with E-state index in [2.05, 4.69) is 5.32 Å². The summed E-state index contributed by atoms with van der Waals surface area (Å²) in [5.41, 5.74) is 1.28. The van der Waals surface area contributed by atoms with Gasteiger partial charge in [0, 0.05) is 24.7 Å². The van der Waals surface area contributed by atoms with Crippen molar-refractivity contribution in [3.05, 3.63) is 59.7 Å². The lowest BCUT2D eigenvalue weighted by molar-refractivity contribution is -0.136. The van der Waals surface area contributed by atoms with Crippen molar-refractivity contribution in [2.45, 2.75) is 38.8 Å². The van der Waals surface area contributed by atoms with Crippen molar-refractivity contribution in [2.24, 2.45) is 11.8 Å². The molecule has 2 unspecified atom stereocenters. The first-order valence-electron chi connectivity index (χ1n) is 11.4. The lowest BCUT2D eigenvalue weighted by Gasteiger charge is -2.37. The first kappa shape index (κ1) is 24.6. The fourth-order valence-corrected chi connectivity index (χ4v) is 4.23. The molecular formula is C26H34N2O5. The maximum Gasteiger partial charge on any atom is 0.252 e. The molecule has 1 aliphatic rings. The number of piperidine rings is 1. The number of hydrogen-bond acceptors (Lipinski definition) is 5. The second-order valence-electron chi connectivity index (χ2n) is 8.81. The fraction of sp³-hybridized carbons (Fsp3) is 0.462. The van der Waals surface area contributed by atoms with E-state index in [1.807, 2.05) is 44.2 Å². The van der Waals surface area contributed by atoms with E-state index in [9.17, 15) is 14.7 Å². The van der Waals surface area contributed by atoms with Crippen molar-refractivity contribution in [3.8, 4) is 11.5 Å². The van der Waals surface area contributed by atoms with Crippen LogP contribution in [0.4, 0.5) is 0 Å². The van der Waals surface area contributed by atoms with Gasteiger partial charge in [0.15, 0.2) is 0 Å². The first-order chi connectivity index (χ1) is 15.8. The predicted molar refractivity (Wildman–Crippen MR) is 126 cm³/mol. The summed E-state index contributed by atoms with van der Waals surface area (Å²) in [6, 6.07) is 13.9. The van der Waals surface area contributed by atoms with Gasteiger partial charge in [-0.2, -0.15) is 0 Å². The number of carbonyl (C=O) groups excluding carboxylic acids is 2. The third kappa shape index (κ3) is 6.05. The summed E-state index contributed by atoms with van der Waals surface area (Å²) < 4.78 is 10.5. The van der Waals surface area contributed by atoms with Crippen LogP contribution >= 0.6 is 0 Å². The average molecular weight is 455 g/mol. The molecule has 0 spiro atoms. The smallest absolute Gasteiger partial charge is 0.252 e. The molecule has 0 saturated carbocycles. The number of benzene rings is 2. The van der Waals surface area contributed by atoms with Crippen LogP contribution < -0.4 is 14.8 Å². The van der Waals surface area contributed by atoms with Crippen molar-refractivity contribution in [1.29, 1.82) is 0 Å². The minimum atomic E-state index is -0.648. The van der Waals surface area contributed by atoms with Crippen molar-refractivity contribution < 1.29 is 24.2 Å². The molecular weight excluding hydrogens is 420 g/mol. The maximum atomic E-state index is 13.3. The van der Waals surface area contributed by atoms with E-state index in [-0.39, 0.29) is 23.7 Å². The van der Waals surface area contributed by atoms with Crippen LogP contribution in [0.25, 0.3) is 0 Å². The van der Waals surface area contributed by atoms with Crippen LogP contribution in [-0.2, 0) is 4.79 Å². The van der Waals surface area contributed by atoms with E-state index in [1.165, 1.54) is 14.2 Å². The number of nitrogens with zero attached hydrogens (tertiary/aromatic N) is 1. The van der Waals surface area contributed by atoms with Crippen LogP contribution in [0.1, 0.15) is 48.7 Å². The summed E-state index contributed by atoms with van der Waals surface area (Å²) in [6.45, 7) is 4.95. The SMILES string of the molecule is COc1cc(OC)cc(C(=O)NC(C(=O)N2CCC(C(O)c3ccccc3)CC2)C(C)C)c1. The van der Waals surface area contributed by atoms with Gasteiger partial charge in [-0.1, -0.05) is 44.2 Å². The second kappa shape index (κ2) is 11.2. The van der Waals surface area contributed by atoms with Crippen LogP contribution in [0.3, 0.4) is 0 Å². The summed E-state index contributed by atoms with van der Waals surface area (Å²) in [5.74, 6) is 0.584. The number of rotatable bonds is 8. The van der Waals surface area contributed by atoms with Gasteiger partial charge < -0.3 is 24.8 Å². The molecule has 0 aliphatic carbocycles. The van der Waals surface area contributed by atoms with E-state index in [0.29, 0.717) is 43.0 Å². The van der Waals surface area contributed by atoms with E-state index in [1.54, 1.807) is 23.1 Å². The molecule has 178 valence electrons. The van der Waals surface area contributed by atoms with Gasteiger partial charge in [0.1, 0.15) is 17.5 Å². The monoisotopic (exact) mass is 454 g/mol. The number of amides is 2. The van der Waals surface area contributed by atoms with Crippen LogP contribution in [-0.4, -0.2) is 55.2 Å². The van der Waals surface area contributed by atoms with Gasteiger partial charge in [-0.15, -0.1) is 0 Å². The van der Waals surface area contributed by atoms with Gasteiger partial charge in [0.2, 0.25) is 5.91 Å². The molecule has 1 aliphatic heterocycles. The topological polar surface area (TPSA) is 88.1 Å². The highest BCUT2D eigenvalue weighted by molar-refractivity contribution is 5.98. The highest BCUT2D eigenvalue weighted by Crippen LogP contribution is 2.31. The molecule has 1 saturated heterocycles. The zero-order chi connectivity index (χ0) is 24.0. The zero-order valence-corrected chi connectivity index (χ0v) is 19.8. The Morgan fingerprint density at radius 3 is 2.09 bits per heavy atom. The standard InChI is InChI=1S/C26H34N2O5/c1-17(2)23(27-25(30)20-14-21(32-3)16-22(15-20)33-4)26(31)28-12-10-19(11-13-28)24(29)18-8-6-5-7-9-18/h5-9,14-17,19,23-24,29H,10-13H2,1-4H3,(H,27,30). The summed E-state index contributed by atoms with van der Waals surface area (Å²) in [5, 5.41) is 13.6. The third-order valence-corrected chi connectivity index (χ3v) is 6.27. The Labute approximate surface area is 195 Å². The van der Waals surface area contributed by atoms with Crippen molar-refractivity contribution in [2.75, 3.05) is 27.3 Å². The van der Waals surface area contributed by atoms with Gasteiger partial charge in [0.05, 0.1) is 20.3 Å². The Bertz CT molecular complexity index is 917. The molecule has 0 aromatic heterocycles. The van der Waals surface area contributed by atoms with E-state index in [4.69, 9.17) is 9.47 Å². The number of aliphatic hydroxyl groups is 1. The molecule has 1 fully saturated rings. The normalized spacial score (nSPS) is 16.2. The number of methoxy groups -OCH3 is 2. The van der Waals surface area contributed by atoms with Crippen LogP contribution in [0, 0.1) is 11.8 Å². The van der Waals surface area contributed by atoms with Crippen LogP contribution in [0.15, 0.2) is 48.5 Å². The molecule has 0 bridgehead atoms. The number of carbonyl (C=O) groups is 2. The zero-order valence-electron chi connectivity index (χ0n) is 19.8. The molecule has 2 aromatic carbocycles. The van der Waals surface area contributed by atoms with E-state index >= 15 is 0 Å². The largest absolute Gasteiger partial charge is 0.497 e. The number of hydrogen-bond donors (Lipinski definition) is 2. The quantitative estimate of drug-likeness (QED) is 0.638. The average Bonchev–Trinajstić information content (AvgIpc) is 2.86. The molecule has 7 heteroatoms. The lowest BCUT2D eigenvalue weighted by Crippen LogP contribution is -2.53. The first-order valence-corrected chi connectivity index (χ1v) is 11.4. The highest BCUT2D eigenvalue weighted by atomic mass is 16.5. The molecule has 1 heterocycles. The van der Waals surface area contributed by atoms with Crippen molar-refractivity contribution >= 4 is 11.8 Å². The number of ether oxygens (including phenoxy) is 2. The number of likely N-dealkylation sites (tertiary alicyclic amines) is 1. The second-order valence-corrected chi connectivity index (χ2v) is 8.81. The fourth-order valence-electron chi connectivity index (χ4n) is 4.23. The molecule has 2 atom stereocenters. The van der Waals surface area contributed by atoms with E-state index < -0.39 is 12.1 Å². The number of aliphatic hydroxyl groups excluding tert-OH is 1. The predicted octanol–water partition coefficient (Wildman–Crippen LogP) is 3.43. The van der Waals surface area contributed by atoms with Gasteiger partial charge >= 0.3 is 0 Å². The Hall–Kier alpha value is -3.06. The molecule has 2 N–H and O–H groups in total. The molecule has 0 radical (unpaired) electrons. The minimum absolute atomic E-state index is 0.0819. The Balaban J connectivity index is 1.64. The van der Waals surface area contributed by atoms with Crippen LogP contribution in [0.5, 0.6) is 11.5 Å². The number of nitrogens with one attached hydrogen (secondary N) is 1. The molecule has 33 heavy (non-hydrogen) atoms. The van der Waals surface area contributed by atoms with Crippen molar-refractivity contribution in [1.82, 2.24) is 10.2 Å². The Morgan fingerprint density at radius 2 is 1.58 bits per heavy atom. The Kier molecular flexibility index (Phi) is 8.33. The van der Waals surface area contributed by atoms with Gasteiger partial charge in [-0.25, -0.2) is 0 Å². The molecule has 2 aromatic rings. The summed E-state index contributed by atoms with van der Waals surface area (Å²) >= 11 is 0. The van der Waals surface area contributed by atoms with Crippen LogP contribution in [0.2, 0.25) is 0 Å². The molecule has 3 rings (SSSR count). The molecule has 7 nitrogen and oxygen atoms in total.